The Hall–Kier alpha value is -0.120. The molecule has 1 saturated heterocycles. The van der Waals surface area contributed by atoms with E-state index in [9.17, 15) is 5.11 Å². The molecule has 90 valence electrons. The van der Waals surface area contributed by atoms with Crippen molar-refractivity contribution < 1.29 is 9.84 Å². The van der Waals surface area contributed by atoms with Gasteiger partial charge in [0, 0.05) is 18.7 Å². The Bertz CT molecular complexity index is 167. The molecule has 3 atom stereocenters. The molecule has 1 heterocycles. The molecule has 3 nitrogen and oxygen atoms in total. The summed E-state index contributed by atoms with van der Waals surface area (Å²) in [6, 6.07) is 0.633. The fraction of sp³-hybridized carbons (Fsp3) is 1.00. The number of hydrogen-bond donors (Lipinski definition) is 2. The third-order valence-corrected chi connectivity index (χ3v) is 3.14. The molecule has 0 aliphatic carbocycles. The Labute approximate surface area is 93.2 Å². The van der Waals surface area contributed by atoms with Gasteiger partial charge in [-0.2, -0.15) is 0 Å². The number of hydrogen-bond acceptors (Lipinski definition) is 3. The Morgan fingerprint density at radius 1 is 1.40 bits per heavy atom. The molecule has 15 heavy (non-hydrogen) atoms. The van der Waals surface area contributed by atoms with E-state index in [1.165, 1.54) is 12.8 Å². The predicted molar refractivity (Wildman–Crippen MR) is 61.9 cm³/mol. The smallest absolute Gasteiger partial charge is 0.0590 e. The maximum absolute atomic E-state index is 9.21. The SMILES string of the molecule is CC(CC1CCCO1)N[C@H](CO)C(C)C. The van der Waals surface area contributed by atoms with E-state index in [2.05, 4.69) is 26.1 Å². The van der Waals surface area contributed by atoms with Crippen LogP contribution in [0.3, 0.4) is 0 Å². The molecule has 1 fully saturated rings. The van der Waals surface area contributed by atoms with Crippen LogP contribution in [0.1, 0.15) is 40.0 Å². The van der Waals surface area contributed by atoms with Crippen molar-refractivity contribution in [2.45, 2.75) is 58.2 Å². The van der Waals surface area contributed by atoms with Gasteiger partial charge in [-0.1, -0.05) is 13.8 Å². The first kappa shape index (κ1) is 12.9. The Morgan fingerprint density at radius 3 is 2.60 bits per heavy atom. The van der Waals surface area contributed by atoms with E-state index >= 15 is 0 Å². The molecule has 3 heteroatoms. The molecule has 1 aliphatic heterocycles. The van der Waals surface area contributed by atoms with Crippen molar-refractivity contribution in [3.8, 4) is 0 Å². The van der Waals surface area contributed by atoms with Crippen LogP contribution >= 0.6 is 0 Å². The number of rotatable bonds is 6. The lowest BCUT2D eigenvalue weighted by Crippen LogP contribution is -2.43. The summed E-state index contributed by atoms with van der Waals surface area (Å²) in [5, 5.41) is 12.7. The number of aliphatic hydroxyl groups excluding tert-OH is 1. The van der Waals surface area contributed by atoms with E-state index in [1.54, 1.807) is 0 Å². The van der Waals surface area contributed by atoms with Gasteiger partial charge in [-0.15, -0.1) is 0 Å². The van der Waals surface area contributed by atoms with Gasteiger partial charge in [-0.05, 0) is 32.1 Å². The molecule has 0 aromatic rings. The first-order valence-corrected chi connectivity index (χ1v) is 6.12. The summed E-state index contributed by atoms with van der Waals surface area (Å²) in [7, 11) is 0. The number of nitrogens with one attached hydrogen (secondary N) is 1. The highest BCUT2D eigenvalue weighted by molar-refractivity contribution is 4.77. The first-order chi connectivity index (χ1) is 7.13. The van der Waals surface area contributed by atoms with E-state index in [0.29, 0.717) is 18.1 Å². The van der Waals surface area contributed by atoms with Crippen LogP contribution < -0.4 is 5.32 Å². The molecule has 0 aromatic heterocycles. The maximum Gasteiger partial charge on any atom is 0.0590 e. The second-order valence-electron chi connectivity index (χ2n) is 4.97. The van der Waals surface area contributed by atoms with E-state index in [1.807, 2.05) is 0 Å². The molecule has 0 radical (unpaired) electrons. The van der Waals surface area contributed by atoms with E-state index in [-0.39, 0.29) is 12.6 Å². The molecule has 1 aliphatic rings. The fourth-order valence-electron chi connectivity index (χ4n) is 2.11. The normalized spacial score (nSPS) is 25.8. The lowest BCUT2D eigenvalue weighted by Gasteiger charge is -2.26. The summed E-state index contributed by atoms with van der Waals surface area (Å²) in [5.41, 5.74) is 0. The van der Waals surface area contributed by atoms with Gasteiger partial charge in [-0.3, -0.25) is 0 Å². The van der Waals surface area contributed by atoms with Gasteiger partial charge in [0.1, 0.15) is 0 Å². The summed E-state index contributed by atoms with van der Waals surface area (Å²) >= 11 is 0. The molecule has 0 spiro atoms. The van der Waals surface area contributed by atoms with Crippen molar-refractivity contribution in [2.24, 2.45) is 5.92 Å². The van der Waals surface area contributed by atoms with E-state index in [0.717, 1.165) is 13.0 Å². The van der Waals surface area contributed by atoms with Gasteiger partial charge in [0.15, 0.2) is 0 Å². The Balaban J connectivity index is 2.23. The predicted octanol–water partition coefficient (Wildman–Crippen LogP) is 1.55. The van der Waals surface area contributed by atoms with Crippen LogP contribution in [0.25, 0.3) is 0 Å². The maximum atomic E-state index is 9.21. The van der Waals surface area contributed by atoms with Crippen molar-refractivity contribution in [1.29, 1.82) is 0 Å². The molecule has 2 unspecified atom stereocenters. The highest BCUT2D eigenvalue weighted by Gasteiger charge is 2.21. The second kappa shape index (κ2) is 6.46. The molecule has 0 bridgehead atoms. The van der Waals surface area contributed by atoms with Crippen molar-refractivity contribution in [1.82, 2.24) is 5.32 Å². The first-order valence-electron chi connectivity index (χ1n) is 6.12. The van der Waals surface area contributed by atoms with Crippen molar-refractivity contribution in [3.05, 3.63) is 0 Å². The molecule has 0 saturated carbocycles. The van der Waals surface area contributed by atoms with Crippen LogP contribution in [0.15, 0.2) is 0 Å². The van der Waals surface area contributed by atoms with Crippen molar-refractivity contribution >= 4 is 0 Å². The minimum atomic E-state index is 0.210. The lowest BCUT2D eigenvalue weighted by atomic mass is 10.0. The topological polar surface area (TPSA) is 41.5 Å². The minimum Gasteiger partial charge on any atom is -0.395 e. The number of ether oxygens (including phenoxy) is 1. The van der Waals surface area contributed by atoms with Crippen LogP contribution in [-0.4, -0.2) is 36.5 Å². The summed E-state index contributed by atoms with van der Waals surface area (Å²) in [4.78, 5) is 0. The van der Waals surface area contributed by atoms with Crippen LogP contribution in [0.2, 0.25) is 0 Å². The average Bonchev–Trinajstić information content (AvgIpc) is 2.66. The Kier molecular flexibility index (Phi) is 5.58. The van der Waals surface area contributed by atoms with Gasteiger partial charge in [0.05, 0.1) is 12.7 Å². The molecular formula is C12H25NO2. The highest BCUT2D eigenvalue weighted by atomic mass is 16.5. The molecule has 0 aromatic carbocycles. The monoisotopic (exact) mass is 215 g/mol. The van der Waals surface area contributed by atoms with Crippen LogP contribution in [0.4, 0.5) is 0 Å². The average molecular weight is 215 g/mol. The zero-order valence-corrected chi connectivity index (χ0v) is 10.2. The zero-order chi connectivity index (χ0) is 11.3. The number of aliphatic hydroxyl groups is 1. The summed E-state index contributed by atoms with van der Waals surface area (Å²) in [6.45, 7) is 7.57. The Morgan fingerprint density at radius 2 is 2.13 bits per heavy atom. The van der Waals surface area contributed by atoms with Crippen LogP contribution in [0.5, 0.6) is 0 Å². The minimum absolute atomic E-state index is 0.210. The molecule has 1 rings (SSSR count). The van der Waals surface area contributed by atoms with Gasteiger partial charge in [-0.25, -0.2) is 0 Å². The third kappa shape index (κ3) is 4.49. The van der Waals surface area contributed by atoms with Gasteiger partial charge in [0.2, 0.25) is 0 Å². The van der Waals surface area contributed by atoms with Gasteiger partial charge in [0.25, 0.3) is 0 Å². The largest absolute Gasteiger partial charge is 0.395 e. The van der Waals surface area contributed by atoms with Crippen LogP contribution in [0, 0.1) is 5.92 Å². The lowest BCUT2D eigenvalue weighted by molar-refractivity contribution is 0.0913. The quantitative estimate of drug-likeness (QED) is 0.706. The van der Waals surface area contributed by atoms with E-state index < -0.39 is 0 Å². The van der Waals surface area contributed by atoms with Crippen molar-refractivity contribution in [2.75, 3.05) is 13.2 Å². The van der Waals surface area contributed by atoms with Gasteiger partial charge < -0.3 is 15.2 Å². The van der Waals surface area contributed by atoms with Gasteiger partial charge >= 0.3 is 0 Å². The summed E-state index contributed by atoms with van der Waals surface area (Å²) in [5.74, 6) is 0.474. The molecular weight excluding hydrogens is 190 g/mol. The standard InChI is InChI=1S/C12H25NO2/c1-9(2)12(8-14)13-10(3)7-11-5-4-6-15-11/h9-14H,4-8H2,1-3H3/t10?,11?,12-/m1/s1. The second-order valence-corrected chi connectivity index (χ2v) is 4.97. The van der Waals surface area contributed by atoms with Crippen molar-refractivity contribution in [3.63, 3.8) is 0 Å². The van der Waals surface area contributed by atoms with E-state index in [4.69, 9.17) is 4.74 Å². The molecule has 2 N–H and O–H groups in total. The third-order valence-electron chi connectivity index (χ3n) is 3.14. The van der Waals surface area contributed by atoms with Crippen LogP contribution in [-0.2, 0) is 4.74 Å². The summed E-state index contributed by atoms with van der Waals surface area (Å²) in [6.07, 6.45) is 3.88. The zero-order valence-electron chi connectivity index (χ0n) is 10.2. The summed E-state index contributed by atoms with van der Waals surface area (Å²) < 4.78 is 5.60. The molecule has 0 amide bonds. The highest BCUT2D eigenvalue weighted by Crippen LogP contribution is 2.17. The fourth-order valence-corrected chi connectivity index (χ4v) is 2.11.